The number of ether oxygens (including phenoxy) is 2. The van der Waals surface area contributed by atoms with Crippen molar-refractivity contribution in [2.45, 2.75) is 45.8 Å². The fourth-order valence-electron chi connectivity index (χ4n) is 3.56. The van der Waals surface area contributed by atoms with Gasteiger partial charge >= 0.3 is 12.2 Å². The average molecular weight is 425 g/mol. The van der Waals surface area contributed by atoms with Gasteiger partial charge in [-0.25, -0.2) is 9.59 Å². The molecule has 2 amide bonds. The number of allylic oxidation sites excluding steroid dienone is 1. The summed E-state index contributed by atoms with van der Waals surface area (Å²) in [7, 11) is 0. The Morgan fingerprint density at radius 1 is 1.23 bits per heavy atom. The molecule has 1 aromatic rings. The number of nitrogens with zero attached hydrogens (tertiary/aromatic N) is 3. The van der Waals surface area contributed by atoms with E-state index in [4.69, 9.17) is 9.47 Å². The highest BCUT2D eigenvalue weighted by Gasteiger charge is 2.37. The number of alkyl carbamates (subject to hydrolysis) is 1. The molecule has 1 fully saturated rings. The molecule has 0 aromatic heterocycles. The van der Waals surface area contributed by atoms with Gasteiger partial charge in [-0.15, -0.1) is 0 Å². The number of likely N-dealkylation sites (tertiary alicyclic amines) is 1. The van der Waals surface area contributed by atoms with Gasteiger partial charge < -0.3 is 19.7 Å². The fourth-order valence-corrected chi connectivity index (χ4v) is 3.56. The molecule has 0 spiro atoms. The third-order valence-corrected chi connectivity index (χ3v) is 4.82. The number of hydrogen-bond donors (Lipinski definition) is 1. The summed E-state index contributed by atoms with van der Waals surface area (Å²) in [6.07, 6.45) is -0.755. The maximum Gasteiger partial charge on any atom is 0.409 e. The lowest BCUT2D eigenvalue weighted by Crippen LogP contribution is -2.47. The van der Waals surface area contributed by atoms with Crippen LogP contribution < -0.4 is 5.32 Å². The largest absolute Gasteiger partial charge is 0.450 e. The summed E-state index contributed by atoms with van der Waals surface area (Å²) in [5.74, 6) is -0.498. The van der Waals surface area contributed by atoms with Crippen LogP contribution in [0.4, 0.5) is 9.59 Å². The normalized spacial score (nSPS) is 17.0. The average Bonchev–Trinajstić information content (AvgIpc) is 2.72. The summed E-state index contributed by atoms with van der Waals surface area (Å²) in [5.41, 5.74) is 0.686. The van der Waals surface area contributed by atoms with Crippen LogP contribution >= 0.6 is 0 Å². The number of amides is 2. The molecule has 31 heavy (non-hydrogen) atoms. The van der Waals surface area contributed by atoms with E-state index in [2.05, 4.69) is 5.32 Å². The van der Waals surface area contributed by atoms with Crippen LogP contribution in [0.5, 0.6) is 0 Å². The molecule has 0 saturated carbocycles. The van der Waals surface area contributed by atoms with Crippen LogP contribution in [-0.4, -0.2) is 42.4 Å². The highest BCUT2D eigenvalue weighted by atomic mass is 16.6. The molecule has 1 aliphatic heterocycles. The Labute approximate surface area is 183 Å². The van der Waals surface area contributed by atoms with Crippen LogP contribution in [0, 0.1) is 28.6 Å². The van der Waals surface area contributed by atoms with Gasteiger partial charge in [0.15, 0.2) is 0 Å². The molecular formula is C23H28N4O4. The molecule has 0 unspecified atom stereocenters. The first-order chi connectivity index (χ1) is 14.7. The van der Waals surface area contributed by atoms with E-state index >= 15 is 0 Å². The van der Waals surface area contributed by atoms with Gasteiger partial charge in [-0.05, 0) is 45.3 Å². The Kier molecular flexibility index (Phi) is 8.04. The van der Waals surface area contributed by atoms with Gasteiger partial charge in [-0.2, -0.15) is 10.5 Å². The van der Waals surface area contributed by atoms with Crippen LogP contribution in [0.1, 0.15) is 45.7 Å². The summed E-state index contributed by atoms with van der Waals surface area (Å²) < 4.78 is 10.6. The van der Waals surface area contributed by atoms with Crippen molar-refractivity contribution >= 4 is 12.2 Å². The Morgan fingerprint density at radius 3 is 2.42 bits per heavy atom. The molecule has 8 heteroatoms. The third kappa shape index (κ3) is 6.48. The number of nitriles is 2. The Morgan fingerprint density at radius 2 is 1.87 bits per heavy atom. The molecule has 2 rings (SSSR count). The Balaban J connectivity index is 2.49. The van der Waals surface area contributed by atoms with Crippen molar-refractivity contribution in [3.05, 3.63) is 47.0 Å². The van der Waals surface area contributed by atoms with E-state index in [9.17, 15) is 20.1 Å². The molecule has 8 nitrogen and oxygen atoms in total. The molecule has 1 N–H and O–H groups in total. The first-order valence-electron chi connectivity index (χ1n) is 10.2. The molecule has 1 aromatic carbocycles. The number of carbonyl (C=O) groups is 2. The van der Waals surface area contributed by atoms with Gasteiger partial charge in [0.1, 0.15) is 23.3 Å². The molecule has 0 aliphatic carbocycles. The number of carbonyl (C=O) groups excluding carboxylic acids is 2. The standard InChI is InChI=1S/C23H28N4O4/c1-5-30-22(29)27-12-11-18(17(13-24)14-25)19(15-27)20(16-9-7-6-8-10-16)26-21(28)31-23(2,3)4/h6-10,19-20H,5,11-12,15H2,1-4H3,(H,26,28)/t19-,20+/m1/s1. The maximum absolute atomic E-state index is 12.6. The number of nitrogens with one attached hydrogen (secondary N) is 1. The highest BCUT2D eigenvalue weighted by molar-refractivity contribution is 5.69. The lowest BCUT2D eigenvalue weighted by molar-refractivity contribution is 0.0473. The zero-order valence-electron chi connectivity index (χ0n) is 18.3. The van der Waals surface area contributed by atoms with Gasteiger partial charge in [0.2, 0.25) is 0 Å². The van der Waals surface area contributed by atoms with E-state index in [1.165, 1.54) is 4.90 Å². The molecule has 0 radical (unpaired) electrons. The van der Waals surface area contributed by atoms with Gasteiger partial charge in [-0.3, -0.25) is 0 Å². The number of piperidine rings is 1. The quantitative estimate of drug-likeness (QED) is 0.728. The zero-order chi connectivity index (χ0) is 23.0. The molecule has 1 aliphatic rings. The van der Waals surface area contributed by atoms with Crippen LogP contribution in [0.2, 0.25) is 0 Å². The smallest absolute Gasteiger partial charge is 0.409 e. The number of benzene rings is 1. The Bertz CT molecular complexity index is 890. The lowest BCUT2D eigenvalue weighted by atomic mass is 9.80. The van der Waals surface area contributed by atoms with Crippen molar-refractivity contribution in [2.75, 3.05) is 19.7 Å². The molecule has 1 heterocycles. The van der Waals surface area contributed by atoms with E-state index in [-0.39, 0.29) is 18.7 Å². The van der Waals surface area contributed by atoms with Crippen molar-refractivity contribution < 1.29 is 19.1 Å². The van der Waals surface area contributed by atoms with E-state index in [1.807, 2.05) is 42.5 Å². The second kappa shape index (κ2) is 10.5. The van der Waals surface area contributed by atoms with Gasteiger partial charge in [0.05, 0.1) is 12.6 Å². The van der Waals surface area contributed by atoms with Crippen LogP contribution in [0.15, 0.2) is 41.5 Å². The monoisotopic (exact) mass is 424 g/mol. The van der Waals surface area contributed by atoms with E-state index in [0.29, 0.717) is 18.5 Å². The predicted octanol–water partition coefficient (Wildman–Crippen LogP) is 4.07. The van der Waals surface area contributed by atoms with Gasteiger partial charge in [-0.1, -0.05) is 30.3 Å². The minimum absolute atomic E-state index is 0.000397. The minimum atomic E-state index is -0.696. The van der Waals surface area contributed by atoms with Crippen molar-refractivity contribution in [3.8, 4) is 12.1 Å². The molecule has 0 bridgehead atoms. The molecule has 2 atom stereocenters. The fraction of sp³-hybridized carbons (Fsp3) is 0.478. The summed E-state index contributed by atoms with van der Waals surface area (Å²) in [6, 6.07) is 12.5. The van der Waals surface area contributed by atoms with Crippen molar-refractivity contribution in [2.24, 2.45) is 5.92 Å². The second-order valence-electron chi connectivity index (χ2n) is 8.16. The SMILES string of the molecule is CCOC(=O)N1CCC(=C(C#N)C#N)[C@H]([C@@H](NC(=O)OC(C)(C)C)c2ccccc2)C1. The predicted molar refractivity (Wildman–Crippen MR) is 114 cm³/mol. The van der Waals surface area contributed by atoms with Crippen molar-refractivity contribution in [1.29, 1.82) is 10.5 Å². The summed E-state index contributed by atoms with van der Waals surface area (Å²) in [6.45, 7) is 7.78. The maximum atomic E-state index is 12.6. The molecule has 1 saturated heterocycles. The van der Waals surface area contributed by atoms with Crippen molar-refractivity contribution in [3.63, 3.8) is 0 Å². The second-order valence-corrected chi connectivity index (χ2v) is 8.16. The van der Waals surface area contributed by atoms with Gasteiger partial charge in [0, 0.05) is 19.0 Å². The summed E-state index contributed by atoms with van der Waals surface area (Å²) in [4.78, 5) is 26.5. The number of hydrogen-bond acceptors (Lipinski definition) is 6. The first-order valence-corrected chi connectivity index (χ1v) is 10.2. The minimum Gasteiger partial charge on any atom is -0.450 e. The van der Waals surface area contributed by atoms with Gasteiger partial charge in [0.25, 0.3) is 0 Å². The summed E-state index contributed by atoms with van der Waals surface area (Å²) >= 11 is 0. The van der Waals surface area contributed by atoms with Crippen LogP contribution in [0.3, 0.4) is 0 Å². The van der Waals surface area contributed by atoms with E-state index in [0.717, 1.165) is 5.56 Å². The van der Waals surface area contributed by atoms with E-state index < -0.39 is 29.7 Å². The van der Waals surface area contributed by atoms with E-state index in [1.54, 1.807) is 27.7 Å². The topological polar surface area (TPSA) is 115 Å². The molecular weight excluding hydrogens is 396 g/mol. The first kappa shape index (κ1) is 23.8. The van der Waals surface area contributed by atoms with Crippen LogP contribution in [0.25, 0.3) is 0 Å². The van der Waals surface area contributed by atoms with Crippen LogP contribution in [-0.2, 0) is 9.47 Å². The third-order valence-electron chi connectivity index (χ3n) is 4.82. The summed E-state index contributed by atoms with van der Waals surface area (Å²) in [5, 5.41) is 21.9. The number of rotatable bonds is 4. The highest BCUT2D eigenvalue weighted by Crippen LogP contribution is 2.36. The van der Waals surface area contributed by atoms with Crippen molar-refractivity contribution in [1.82, 2.24) is 10.2 Å². The Hall–Kier alpha value is -3.52. The lowest BCUT2D eigenvalue weighted by Gasteiger charge is -2.39. The zero-order valence-corrected chi connectivity index (χ0v) is 18.3. The molecule has 164 valence electrons.